The molecule has 1 aromatic carbocycles. The van der Waals surface area contributed by atoms with Crippen molar-refractivity contribution in [1.29, 1.82) is 0 Å². The van der Waals surface area contributed by atoms with E-state index in [2.05, 4.69) is 23.2 Å². The van der Waals surface area contributed by atoms with Crippen LogP contribution in [0.1, 0.15) is 12.0 Å². The van der Waals surface area contributed by atoms with Gasteiger partial charge in [0.15, 0.2) is 11.6 Å². The lowest BCUT2D eigenvalue weighted by Gasteiger charge is -2.14. The van der Waals surface area contributed by atoms with E-state index >= 15 is 0 Å². The lowest BCUT2D eigenvalue weighted by Crippen LogP contribution is -2.21. The zero-order valence-electron chi connectivity index (χ0n) is 10.8. The second kappa shape index (κ2) is 4.80. The number of hydrogen-bond donors (Lipinski definition) is 0. The standard InChI is InChI=1S/C15H15N3O/c1-11-4-2-3-5-13(11)14-6-7-15(17-16-14)18-9-8-12(19)10-18/h2-7H,8-10H2,1H3. The van der Waals surface area contributed by atoms with Crippen molar-refractivity contribution in [1.82, 2.24) is 10.2 Å². The highest BCUT2D eigenvalue weighted by molar-refractivity contribution is 5.86. The summed E-state index contributed by atoms with van der Waals surface area (Å²) in [6.07, 6.45) is 0.612. The minimum absolute atomic E-state index is 0.268. The normalized spacial score (nSPS) is 15.0. The van der Waals surface area contributed by atoms with Gasteiger partial charge in [-0.2, -0.15) is 0 Å². The molecule has 0 aliphatic carbocycles. The molecule has 0 unspecified atom stereocenters. The molecule has 0 saturated carbocycles. The van der Waals surface area contributed by atoms with Crippen LogP contribution in [0.3, 0.4) is 0 Å². The number of hydrogen-bond acceptors (Lipinski definition) is 4. The number of carbonyl (C=O) groups excluding carboxylic acids is 1. The van der Waals surface area contributed by atoms with Crippen LogP contribution >= 0.6 is 0 Å². The van der Waals surface area contributed by atoms with E-state index in [4.69, 9.17) is 0 Å². The molecule has 0 bridgehead atoms. The number of aryl methyl sites for hydroxylation is 1. The highest BCUT2D eigenvalue weighted by Crippen LogP contribution is 2.22. The summed E-state index contributed by atoms with van der Waals surface area (Å²) in [5.74, 6) is 1.05. The molecule has 19 heavy (non-hydrogen) atoms. The van der Waals surface area contributed by atoms with Crippen molar-refractivity contribution in [3.8, 4) is 11.3 Å². The minimum Gasteiger partial charge on any atom is -0.347 e. The molecule has 1 aliphatic rings. The van der Waals surface area contributed by atoms with Crippen LogP contribution < -0.4 is 4.90 Å². The lowest BCUT2D eigenvalue weighted by molar-refractivity contribution is -0.116. The Kier molecular flexibility index (Phi) is 2.99. The third-order valence-corrected chi connectivity index (χ3v) is 3.42. The summed E-state index contributed by atoms with van der Waals surface area (Å²) in [5, 5.41) is 8.51. The van der Waals surface area contributed by atoms with Crippen LogP contribution in [0.25, 0.3) is 11.3 Å². The maximum absolute atomic E-state index is 11.3. The first-order valence-electron chi connectivity index (χ1n) is 6.40. The maximum Gasteiger partial charge on any atom is 0.153 e. The summed E-state index contributed by atoms with van der Waals surface area (Å²) < 4.78 is 0. The van der Waals surface area contributed by atoms with Gasteiger partial charge in [0.25, 0.3) is 0 Å². The van der Waals surface area contributed by atoms with E-state index in [9.17, 15) is 4.79 Å². The molecular formula is C15H15N3O. The van der Waals surface area contributed by atoms with Gasteiger partial charge in [0.2, 0.25) is 0 Å². The molecule has 4 heteroatoms. The van der Waals surface area contributed by atoms with Crippen LogP contribution in [0, 0.1) is 6.92 Å². The monoisotopic (exact) mass is 253 g/mol. The van der Waals surface area contributed by atoms with Crippen molar-refractivity contribution in [2.75, 3.05) is 18.0 Å². The molecule has 0 atom stereocenters. The van der Waals surface area contributed by atoms with Crippen LogP contribution in [-0.2, 0) is 4.79 Å². The molecule has 4 nitrogen and oxygen atoms in total. The molecule has 96 valence electrons. The molecule has 1 saturated heterocycles. The van der Waals surface area contributed by atoms with Gasteiger partial charge in [0.05, 0.1) is 12.2 Å². The number of benzene rings is 1. The first-order chi connectivity index (χ1) is 9.24. The molecule has 1 fully saturated rings. The van der Waals surface area contributed by atoms with Crippen LogP contribution in [0.2, 0.25) is 0 Å². The average molecular weight is 253 g/mol. The lowest BCUT2D eigenvalue weighted by atomic mass is 10.1. The minimum atomic E-state index is 0.268. The van der Waals surface area contributed by atoms with Gasteiger partial charge in [0.1, 0.15) is 0 Å². The number of aromatic nitrogens is 2. The Balaban J connectivity index is 1.87. The van der Waals surface area contributed by atoms with Gasteiger partial charge in [0, 0.05) is 18.5 Å². The average Bonchev–Trinajstić information content (AvgIpc) is 2.86. The fraction of sp³-hybridized carbons (Fsp3) is 0.267. The van der Waals surface area contributed by atoms with Gasteiger partial charge < -0.3 is 4.90 Å². The second-order valence-corrected chi connectivity index (χ2v) is 4.80. The first-order valence-corrected chi connectivity index (χ1v) is 6.40. The molecule has 1 aliphatic heterocycles. The zero-order valence-corrected chi connectivity index (χ0v) is 10.8. The third kappa shape index (κ3) is 2.34. The van der Waals surface area contributed by atoms with Gasteiger partial charge in [-0.1, -0.05) is 24.3 Å². The largest absolute Gasteiger partial charge is 0.347 e. The molecular weight excluding hydrogens is 238 g/mol. The van der Waals surface area contributed by atoms with Crippen molar-refractivity contribution in [2.45, 2.75) is 13.3 Å². The number of Topliss-reactive ketones (excluding diaryl/α,β-unsaturated/α-hetero) is 1. The first kappa shape index (κ1) is 11.8. The van der Waals surface area contributed by atoms with E-state index in [0.29, 0.717) is 13.0 Å². The highest BCUT2D eigenvalue weighted by atomic mass is 16.1. The number of rotatable bonds is 2. The van der Waals surface area contributed by atoms with E-state index in [1.165, 1.54) is 5.56 Å². The highest BCUT2D eigenvalue weighted by Gasteiger charge is 2.20. The smallest absolute Gasteiger partial charge is 0.153 e. The van der Waals surface area contributed by atoms with Crippen molar-refractivity contribution >= 4 is 11.6 Å². The molecule has 3 rings (SSSR count). The number of carbonyl (C=O) groups is 1. The number of ketones is 1. The summed E-state index contributed by atoms with van der Waals surface area (Å²) in [5.41, 5.74) is 3.15. The summed E-state index contributed by atoms with van der Waals surface area (Å²) in [7, 11) is 0. The molecule has 0 N–H and O–H groups in total. The number of anilines is 1. The second-order valence-electron chi connectivity index (χ2n) is 4.80. The van der Waals surface area contributed by atoms with Crippen LogP contribution in [0.4, 0.5) is 5.82 Å². The molecule has 0 radical (unpaired) electrons. The van der Waals surface area contributed by atoms with Gasteiger partial charge in [-0.05, 0) is 24.6 Å². The maximum atomic E-state index is 11.3. The Bertz CT molecular complexity index is 607. The molecule has 2 heterocycles. The van der Waals surface area contributed by atoms with Crippen LogP contribution in [0.15, 0.2) is 36.4 Å². The Morgan fingerprint density at radius 2 is 1.95 bits per heavy atom. The van der Waals surface area contributed by atoms with Crippen molar-refractivity contribution in [3.05, 3.63) is 42.0 Å². The quantitative estimate of drug-likeness (QED) is 0.823. The van der Waals surface area contributed by atoms with E-state index in [1.807, 2.05) is 35.2 Å². The fourth-order valence-corrected chi connectivity index (χ4v) is 2.32. The molecule has 1 aromatic heterocycles. The molecule has 0 spiro atoms. The van der Waals surface area contributed by atoms with Gasteiger partial charge in [-0.3, -0.25) is 4.79 Å². The van der Waals surface area contributed by atoms with Crippen molar-refractivity contribution in [3.63, 3.8) is 0 Å². The van der Waals surface area contributed by atoms with Crippen molar-refractivity contribution in [2.24, 2.45) is 0 Å². The van der Waals surface area contributed by atoms with Crippen LogP contribution in [-0.4, -0.2) is 29.1 Å². The number of nitrogens with zero attached hydrogens (tertiary/aromatic N) is 3. The third-order valence-electron chi connectivity index (χ3n) is 3.42. The van der Waals surface area contributed by atoms with E-state index in [-0.39, 0.29) is 5.78 Å². The SMILES string of the molecule is Cc1ccccc1-c1ccc(N2CCC(=O)C2)nn1. The predicted octanol–water partition coefficient (Wildman–Crippen LogP) is 2.23. The molecule has 0 amide bonds. The van der Waals surface area contributed by atoms with Crippen LogP contribution in [0.5, 0.6) is 0 Å². The summed E-state index contributed by atoms with van der Waals surface area (Å²) in [4.78, 5) is 13.2. The summed E-state index contributed by atoms with van der Waals surface area (Å²) >= 11 is 0. The summed E-state index contributed by atoms with van der Waals surface area (Å²) in [6.45, 7) is 3.26. The molecule has 2 aromatic rings. The Labute approximate surface area is 112 Å². The van der Waals surface area contributed by atoms with E-state index < -0.39 is 0 Å². The van der Waals surface area contributed by atoms with Gasteiger partial charge >= 0.3 is 0 Å². The Morgan fingerprint density at radius 3 is 2.58 bits per heavy atom. The Hall–Kier alpha value is -2.23. The van der Waals surface area contributed by atoms with Crippen molar-refractivity contribution < 1.29 is 4.79 Å². The summed E-state index contributed by atoms with van der Waals surface area (Å²) in [6, 6.07) is 12.0. The topological polar surface area (TPSA) is 46.1 Å². The zero-order chi connectivity index (χ0) is 13.2. The predicted molar refractivity (Wildman–Crippen MR) is 74.0 cm³/mol. The van der Waals surface area contributed by atoms with Gasteiger partial charge in [-0.15, -0.1) is 10.2 Å². The van der Waals surface area contributed by atoms with E-state index in [0.717, 1.165) is 23.6 Å². The van der Waals surface area contributed by atoms with Gasteiger partial charge in [-0.25, -0.2) is 0 Å². The van der Waals surface area contributed by atoms with E-state index in [1.54, 1.807) is 0 Å². The fourth-order valence-electron chi connectivity index (χ4n) is 2.32. The Morgan fingerprint density at radius 1 is 1.11 bits per heavy atom.